The van der Waals surface area contributed by atoms with Crippen LogP contribution in [0.15, 0.2) is 29.6 Å². The number of fused-ring (bicyclic) bond motifs is 1. The number of aromatic nitrogens is 1. The second-order valence-corrected chi connectivity index (χ2v) is 8.80. The van der Waals surface area contributed by atoms with Gasteiger partial charge in [0.15, 0.2) is 0 Å². The number of thiazole rings is 1. The maximum atomic E-state index is 13.1. The quantitative estimate of drug-likeness (QED) is 0.680. The van der Waals surface area contributed by atoms with Gasteiger partial charge in [-0.3, -0.25) is 9.69 Å². The van der Waals surface area contributed by atoms with Crippen LogP contribution in [0.3, 0.4) is 0 Å². The zero-order valence-corrected chi connectivity index (χ0v) is 18.1. The van der Waals surface area contributed by atoms with Gasteiger partial charge in [-0.2, -0.15) is 13.2 Å². The van der Waals surface area contributed by atoms with Crippen molar-refractivity contribution < 1.29 is 32.3 Å². The lowest BCUT2D eigenvalue weighted by molar-refractivity contribution is -0.192. The highest BCUT2D eigenvalue weighted by molar-refractivity contribution is 7.09. The summed E-state index contributed by atoms with van der Waals surface area (Å²) in [7, 11) is 0. The summed E-state index contributed by atoms with van der Waals surface area (Å²) in [6.45, 7) is 4.41. The highest BCUT2D eigenvalue weighted by atomic mass is 32.1. The number of hydrogen-bond acceptors (Lipinski definition) is 5. The fourth-order valence-corrected chi connectivity index (χ4v) is 4.72. The summed E-state index contributed by atoms with van der Waals surface area (Å²) in [6, 6.07) is 7.40. The molecule has 1 aromatic carbocycles. The number of rotatable bonds is 4. The standard InChI is InChI=1S/C19H22FN3OS.C2HF3O2/c1-13-21-16(12-25-13)11-23-18-8-9-22(17(18)6-7-19(23)24)10-14-2-4-15(20)5-3-14;3-2(4,5)1(6)7/h2-5,12,17-18H,6-11H2,1H3;(H,6,7)/t17-,18-;/m1./s1. The molecule has 4 rings (SSSR count). The summed E-state index contributed by atoms with van der Waals surface area (Å²) >= 11 is 1.63. The van der Waals surface area contributed by atoms with Crippen LogP contribution in [0.4, 0.5) is 17.6 Å². The largest absolute Gasteiger partial charge is 0.490 e. The lowest BCUT2D eigenvalue weighted by Gasteiger charge is -2.39. The first-order valence-electron chi connectivity index (χ1n) is 10.0. The fourth-order valence-electron chi connectivity index (χ4n) is 4.12. The molecule has 174 valence electrons. The third-order valence-corrected chi connectivity index (χ3v) is 6.36. The second kappa shape index (κ2) is 9.95. The number of hydrogen-bond donors (Lipinski definition) is 1. The number of carboxylic acids is 1. The topological polar surface area (TPSA) is 73.7 Å². The van der Waals surface area contributed by atoms with Gasteiger partial charge >= 0.3 is 12.1 Å². The molecule has 11 heteroatoms. The molecule has 2 saturated heterocycles. The Bertz CT molecular complexity index is 949. The van der Waals surface area contributed by atoms with E-state index in [0.717, 1.165) is 42.2 Å². The summed E-state index contributed by atoms with van der Waals surface area (Å²) in [6.07, 6.45) is -2.57. The molecule has 0 bridgehead atoms. The smallest absolute Gasteiger partial charge is 0.475 e. The summed E-state index contributed by atoms with van der Waals surface area (Å²) in [5.74, 6) is -2.71. The highest BCUT2D eigenvalue weighted by Crippen LogP contribution is 2.33. The van der Waals surface area contributed by atoms with Crippen molar-refractivity contribution in [1.82, 2.24) is 14.8 Å². The van der Waals surface area contributed by atoms with E-state index in [-0.39, 0.29) is 17.8 Å². The van der Waals surface area contributed by atoms with E-state index in [1.54, 1.807) is 11.3 Å². The van der Waals surface area contributed by atoms with Gasteiger partial charge in [-0.05, 0) is 37.5 Å². The van der Waals surface area contributed by atoms with Gasteiger partial charge in [0, 0.05) is 37.0 Å². The van der Waals surface area contributed by atoms with Crippen molar-refractivity contribution in [3.63, 3.8) is 0 Å². The van der Waals surface area contributed by atoms with E-state index in [2.05, 4.69) is 15.3 Å². The maximum absolute atomic E-state index is 13.1. The summed E-state index contributed by atoms with van der Waals surface area (Å²) in [4.78, 5) is 30.4. The number of halogens is 4. The van der Waals surface area contributed by atoms with Crippen molar-refractivity contribution in [1.29, 1.82) is 0 Å². The van der Waals surface area contributed by atoms with Crippen LogP contribution >= 0.6 is 11.3 Å². The van der Waals surface area contributed by atoms with Crippen molar-refractivity contribution in [2.45, 2.75) is 57.5 Å². The molecule has 1 amide bonds. The van der Waals surface area contributed by atoms with Crippen LogP contribution in [0, 0.1) is 12.7 Å². The van der Waals surface area contributed by atoms with E-state index < -0.39 is 12.1 Å². The number of nitrogens with zero attached hydrogens (tertiary/aromatic N) is 3. The molecule has 0 radical (unpaired) electrons. The Hall–Kier alpha value is -2.53. The molecule has 1 aromatic heterocycles. The zero-order valence-electron chi connectivity index (χ0n) is 17.3. The molecule has 2 aliphatic rings. The van der Waals surface area contributed by atoms with Crippen LogP contribution in [-0.2, 0) is 22.7 Å². The first kappa shape index (κ1) is 24.1. The second-order valence-electron chi connectivity index (χ2n) is 7.74. The maximum Gasteiger partial charge on any atom is 0.490 e. The van der Waals surface area contributed by atoms with Gasteiger partial charge in [0.05, 0.1) is 17.2 Å². The first-order chi connectivity index (χ1) is 15.0. The molecule has 1 N–H and O–H groups in total. The van der Waals surface area contributed by atoms with E-state index in [1.807, 2.05) is 24.0 Å². The summed E-state index contributed by atoms with van der Waals surface area (Å²) in [5, 5.41) is 10.2. The van der Waals surface area contributed by atoms with E-state index in [0.29, 0.717) is 19.0 Å². The molecule has 32 heavy (non-hydrogen) atoms. The van der Waals surface area contributed by atoms with E-state index in [1.165, 1.54) is 12.1 Å². The van der Waals surface area contributed by atoms with Crippen molar-refractivity contribution in [2.75, 3.05) is 6.54 Å². The van der Waals surface area contributed by atoms with Crippen LogP contribution in [0.1, 0.15) is 35.5 Å². The molecular formula is C21H23F4N3O3S. The van der Waals surface area contributed by atoms with Crippen LogP contribution in [0.5, 0.6) is 0 Å². The zero-order chi connectivity index (χ0) is 23.5. The molecular weight excluding hydrogens is 450 g/mol. The Kier molecular flexibility index (Phi) is 7.50. The number of benzene rings is 1. The Labute approximate surface area is 186 Å². The number of likely N-dealkylation sites (tertiary alicyclic amines) is 2. The van der Waals surface area contributed by atoms with Gasteiger partial charge in [0.1, 0.15) is 5.82 Å². The molecule has 2 aromatic rings. The van der Waals surface area contributed by atoms with Crippen LogP contribution in [0.2, 0.25) is 0 Å². The van der Waals surface area contributed by atoms with Crippen molar-refractivity contribution >= 4 is 23.2 Å². The lowest BCUT2D eigenvalue weighted by atomic mass is 9.96. The number of piperidine rings is 1. The van der Waals surface area contributed by atoms with E-state index in [4.69, 9.17) is 9.90 Å². The number of carboxylic acid groups (broad SMARTS) is 1. The molecule has 3 heterocycles. The van der Waals surface area contributed by atoms with Crippen molar-refractivity contribution in [2.24, 2.45) is 0 Å². The minimum atomic E-state index is -5.08. The minimum absolute atomic E-state index is 0.198. The molecule has 0 saturated carbocycles. The summed E-state index contributed by atoms with van der Waals surface area (Å²) < 4.78 is 44.8. The van der Waals surface area contributed by atoms with Gasteiger partial charge in [-0.15, -0.1) is 11.3 Å². The number of alkyl halides is 3. The molecule has 2 fully saturated rings. The van der Waals surface area contributed by atoms with Crippen molar-refractivity contribution in [3.8, 4) is 0 Å². The Morgan fingerprint density at radius 3 is 2.41 bits per heavy atom. The highest BCUT2D eigenvalue weighted by Gasteiger charge is 2.43. The van der Waals surface area contributed by atoms with E-state index >= 15 is 0 Å². The Morgan fingerprint density at radius 1 is 1.19 bits per heavy atom. The number of amides is 1. The molecule has 0 spiro atoms. The third-order valence-electron chi connectivity index (χ3n) is 5.54. The normalized spacial score (nSPS) is 21.2. The number of aryl methyl sites for hydroxylation is 1. The average molecular weight is 473 g/mol. The van der Waals surface area contributed by atoms with E-state index in [9.17, 15) is 22.4 Å². The Balaban J connectivity index is 0.000000360. The molecule has 6 nitrogen and oxygen atoms in total. The number of aliphatic carboxylic acids is 1. The first-order valence-corrected chi connectivity index (χ1v) is 10.9. The van der Waals surface area contributed by atoms with Crippen LogP contribution < -0.4 is 0 Å². The molecule has 0 aliphatic carbocycles. The molecule has 2 aliphatic heterocycles. The SMILES string of the molecule is Cc1nc(CN2C(=O)CC[C@@H]3[C@H]2CCN3Cc2ccc(F)cc2)cs1.O=C(O)C(F)(F)F. The monoisotopic (exact) mass is 473 g/mol. The van der Waals surface area contributed by atoms with Gasteiger partial charge in [-0.1, -0.05) is 12.1 Å². The number of carbonyl (C=O) groups is 2. The van der Waals surface area contributed by atoms with Gasteiger partial charge in [0.2, 0.25) is 5.91 Å². The predicted octanol–water partition coefficient (Wildman–Crippen LogP) is 3.99. The lowest BCUT2D eigenvalue weighted by Crippen LogP contribution is -2.51. The van der Waals surface area contributed by atoms with Crippen LogP contribution in [-0.4, -0.2) is 56.6 Å². The van der Waals surface area contributed by atoms with Gasteiger partial charge in [-0.25, -0.2) is 14.2 Å². The number of carbonyl (C=O) groups excluding carboxylic acids is 1. The molecule has 2 atom stereocenters. The minimum Gasteiger partial charge on any atom is -0.475 e. The Morgan fingerprint density at radius 2 is 1.84 bits per heavy atom. The third kappa shape index (κ3) is 6.04. The van der Waals surface area contributed by atoms with Gasteiger partial charge in [0.25, 0.3) is 0 Å². The van der Waals surface area contributed by atoms with Gasteiger partial charge < -0.3 is 10.0 Å². The predicted molar refractivity (Wildman–Crippen MR) is 109 cm³/mol. The summed E-state index contributed by atoms with van der Waals surface area (Å²) in [5.41, 5.74) is 2.12. The van der Waals surface area contributed by atoms with Crippen LogP contribution in [0.25, 0.3) is 0 Å². The molecule has 0 unspecified atom stereocenters. The van der Waals surface area contributed by atoms with Crippen molar-refractivity contribution in [3.05, 3.63) is 51.7 Å². The average Bonchev–Trinajstić information content (AvgIpc) is 3.31. The fraction of sp³-hybridized carbons (Fsp3) is 0.476.